The molecular weight excluding hydrogens is 206 g/mol. The summed E-state index contributed by atoms with van der Waals surface area (Å²) in [7, 11) is 0. The highest BCUT2D eigenvalue weighted by Gasteiger charge is 2.23. The fourth-order valence-electron chi connectivity index (χ4n) is 1.94. The fourth-order valence-corrected chi connectivity index (χ4v) is 1.94. The average Bonchev–Trinajstić information content (AvgIpc) is 2.80. The zero-order valence-corrected chi connectivity index (χ0v) is 9.69. The maximum absolute atomic E-state index is 5.92. The van der Waals surface area contributed by atoms with Gasteiger partial charge in [-0.25, -0.2) is 0 Å². The largest absolute Gasteiger partial charge is 0.381 e. The second kappa shape index (κ2) is 5.41. The predicted octanol–water partition coefficient (Wildman–Crippen LogP) is 1.76. The predicted molar refractivity (Wildman–Crippen MR) is 58.9 cm³/mol. The molecule has 1 aromatic rings. The Hall–Kier alpha value is -0.940. The molecule has 0 spiro atoms. The molecule has 2 unspecified atom stereocenters. The van der Waals surface area contributed by atoms with Crippen molar-refractivity contribution in [2.75, 3.05) is 13.2 Å². The van der Waals surface area contributed by atoms with E-state index in [9.17, 15) is 0 Å². The van der Waals surface area contributed by atoms with Gasteiger partial charge in [0.2, 0.25) is 5.89 Å². The summed E-state index contributed by atoms with van der Waals surface area (Å²) in [5.41, 5.74) is 5.92. The standard InChI is InChI=1S/C11H19N3O2/c1-2-4-9(12)11-13-10(14-16-11)8-5-3-6-15-7-8/h8-9H,2-7,12H2,1H3. The number of hydrogen-bond acceptors (Lipinski definition) is 5. The van der Waals surface area contributed by atoms with Crippen LogP contribution in [0.15, 0.2) is 4.52 Å². The molecule has 2 heterocycles. The van der Waals surface area contributed by atoms with E-state index < -0.39 is 0 Å². The molecule has 0 bridgehead atoms. The molecule has 0 aromatic carbocycles. The summed E-state index contributed by atoms with van der Waals surface area (Å²) in [4.78, 5) is 4.37. The molecule has 5 heteroatoms. The van der Waals surface area contributed by atoms with Gasteiger partial charge in [-0.3, -0.25) is 0 Å². The normalized spacial score (nSPS) is 23.2. The maximum atomic E-state index is 5.92. The summed E-state index contributed by atoms with van der Waals surface area (Å²) in [6.07, 6.45) is 4.03. The summed E-state index contributed by atoms with van der Waals surface area (Å²) < 4.78 is 10.6. The molecule has 0 aliphatic carbocycles. The van der Waals surface area contributed by atoms with Crippen molar-refractivity contribution in [1.29, 1.82) is 0 Å². The number of aromatic nitrogens is 2. The Morgan fingerprint density at radius 3 is 3.12 bits per heavy atom. The maximum Gasteiger partial charge on any atom is 0.243 e. The minimum atomic E-state index is -0.129. The third-order valence-electron chi connectivity index (χ3n) is 2.90. The van der Waals surface area contributed by atoms with Crippen molar-refractivity contribution in [2.45, 2.75) is 44.6 Å². The van der Waals surface area contributed by atoms with Gasteiger partial charge in [-0.1, -0.05) is 18.5 Å². The van der Waals surface area contributed by atoms with Crippen LogP contribution in [-0.2, 0) is 4.74 Å². The van der Waals surface area contributed by atoms with E-state index in [4.69, 9.17) is 15.0 Å². The number of hydrogen-bond donors (Lipinski definition) is 1. The summed E-state index contributed by atoms with van der Waals surface area (Å²) >= 11 is 0. The van der Waals surface area contributed by atoms with Gasteiger partial charge in [0.05, 0.1) is 12.6 Å². The van der Waals surface area contributed by atoms with Gasteiger partial charge < -0.3 is 15.0 Å². The second-order valence-electron chi connectivity index (χ2n) is 4.30. The van der Waals surface area contributed by atoms with Crippen LogP contribution in [-0.4, -0.2) is 23.4 Å². The van der Waals surface area contributed by atoms with Crippen LogP contribution in [0, 0.1) is 0 Å². The summed E-state index contributed by atoms with van der Waals surface area (Å²) in [6, 6.07) is -0.129. The van der Waals surface area contributed by atoms with Crippen LogP contribution < -0.4 is 5.73 Å². The highest BCUT2D eigenvalue weighted by molar-refractivity contribution is 4.99. The van der Waals surface area contributed by atoms with Gasteiger partial charge in [0, 0.05) is 12.5 Å². The highest BCUT2D eigenvalue weighted by atomic mass is 16.5. The summed E-state index contributed by atoms with van der Waals surface area (Å²) in [5, 5.41) is 4.00. The van der Waals surface area contributed by atoms with Crippen LogP contribution in [0.25, 0.3) is 0 Å². The first-order chi connectivity index (χ1) is 7.81. The molecule has 0 saturated carbocycles. The third-order valence-corrected chi connectivity index (χ3v) is 2.90. The molecule has 2 atom stereocenters. The molecule has 16 heavy (non-hydrogen) atoms. The third kappa shape index (κ3) is 2.59. The fraction of sp³-hybridized carbons (Fsp3) is 0.818. The van der Waals surface area contributed by atoms with Gasteiger partial charge in [-0.2, -0.15) is 4.98 Å². The van der Waals surface area contributed by atoms with E-state index in [-0.39, 0.29) is 12.0 Å². The van der Waals surface area contributed by atoms with E-state index in [0.717, 1.165) is 38.1 Å². The number of nitrogens with two attached hydrogens (primary N) is 1. The van der Waals surface area contributed by atoms with E-state index in [1.165, 1.54) is 0 Å². The lowest BCUT2D eigenvalue weighted by Crippen LogP contribution is -2.17. The molecular formula is C11H19N3O2. The van der Waals surface area contributed by atoms with Crippen molar-refractivity contribution < 1.29 is 9.26 Å². The van der Waals surface area contributed by atoms with Crippen molar-refractivity contribution >= 4 is 0 Å². The Kier molecular flexibility index (Phi) is 3.90. The Balaban J connectivity index is 2.00. The Labute approximate surface area is 95.3 Å². The summed E-state index contributed by atoms with van der Waals surface area (Å²) in [6.45, 7) is 3.63. The van der Waals surface area contributed by atoms with Crippen molar-refractivity contribution in [3.8, 4) is 0 Å². The van der Waals surface area contributed by atoms with Gasteiger partial charge in [0.15, 0.2) is 5.82 Å². The van der Waals surface area contributed by atoms with Crippen LogP contribution in [0.1, 0.15) is 56.3 Å². The van der Waals surface area contributed by atoms with E-state index in [0.29, 0.717) is 12.5 Å². The summed E-state index contributed by atoms with van der Waals surface area (Å²) in [5.74, 6) is 1.59. The van der Waals surface area contributed by atoms with Gasteiger partial charge >= 0.3 is 0 Å². The first-order valence-corrected chi connectivity index (χ1v) is 5.98. The smallest absolute Gasteiger partial charge is 0.243 e. The van der Waals surface area contributed by atoms with E-state index in [1.807, 2.05) is 0 Å². The number of rotatable bonds is 4. The zero-order chi connectivity index (χ0) is 11.4. The molecule has 2 N–H and O–H groups in total. The Morgan fingerprint density at radius 2 is 2.44 bits per heavy atom. The molecule has 1 aromatic heterocycles. The molecule has 1 aliphatic heterocycles. The monoisotopic (exact) mass is 225 g/mol. The van der Waals surface area contributed by atoms with E-state index in [1.54, 1.807) is 0 Å². The molecule has 90 valence electrons. The first kappa shape index (κ1) is 11.5. The SMILES string of the molecule is CCCC(N)c1nc(C2CCCOC2)no1. The van der Waals surface area contributed by atoms with Crippen LogP contribution in [0.2, 0.25) is 0 Å². The molecule has 5 nitrogen and oxygen atoms in total. The molecule has 0 amide bonds. The van der Waals surface area contributed by atoms with Crippen LogP contribution in [0.5, 0.6) is 0 Å². The topological polar surface area (TPSA) is 74.2 Å². The van der Waals surface area contributed by atoms with Crippen molar-refractivity contribution in [3.05, 3.63) is 11.7 Å². The highest BCUT2D eigenvalue weighted by Crippen LogP contribution is 2.24. The first-order valence-electron chi connectivity index (χ1n) is 5.98. The minimum absolute atomic E-state index is 0.129. The van der Waals surface area contributed by atoms with Crippen LogP contribution >= 0.6 is 0 Å². The van der Waals surface area contributed by atoms with Crippen molar-refractivity contribution in [1.82, 2.24) is 10.1 Å². The van der Waals surface area contributed by atoms with Crippen molar-refractivity contribution in [2.24, 2.45) is 5.73 Å². The molecule has 1 fully saturated rings. The Morgan fingerprint density at radius 1 is 1.56 bits per heavy atom. The number of nitrogens with zero attached hydrogens (tertiary/aromatic N) is 2. The minimum Gasteiger partial charge on any atom is -0.381 e. The Bertz CT molecular complexity index is 321. The molecule has 1 saturated heterocycles. The quantitative estimate of drug-likeness (QED) is 0.845. The lowest BCUT2D eigenvalue weighted by atomic mass is 10.0. The second-order valence-corrected chi connectivity index (χ2v) is 4.30. The number of ether oxygens (including phenoxy) is 1. The van der Waals surface area contributed by atoms with Crippen LogP contribution in [0.4, 0.5) is 0 Å². The van der Waals surface area contributed by atoms with E-state index in [2.05, 4.69) is 17.1 Å². The lowest BCUT2D eigenvalue weighted by molar-refractivity contribution is 0.0773. The molecule has 0 radical (unpaired) electrons. The zero-order valence-electron chi connectivity index (χ0n) is 9.69. The molecule has 1 aliphatic rings. The lowest BCUT2D eigenvalue weighted by Gasteiger charge is -2.18. The van der Waals surface area contributed by atoms with Crippen molar-refractivity contribution in [3.63, 3.8) is 0 Å². The van der Waals surface area contributed by atoms with Gasteiger partial charge in [-0.15, -0.1) is 0 Å². The van der Waals surface area contributed by atoms with Crippen LogP contribution in [0.3, 0.4) is 0 Å². The average molecular weight is 225 g/mol. The van der Waals surface area contributed by atoms with Gasteiger partial charge in [-0.05, 0) is 19.3 Å². The van der Waals surface area contributed by atoms with Gasteiger partial charge in [0.25, 0.3) is 0 Å². The van der Waals surface area contributed by atoms with Gasteiger partial charge in [0.1, 0.15) is 0 Å². The van der Waals surface area contributed by atoms with E-state index >= 15 is 0 Å². The molecule has 2 rings (SSSR count).